The molecule has 1 rings (SSSR count). The van der Waals surface area contributed by atoms with Crippen LogP contribution in [0.2, 0.25) is 0 Å². The lowest BCUT2D eigenvalue weighted by atomic mass is 10.0. The monoisotopic (exact) mass is 239 g/mol. The molecular formula is C12H21N3O2. The van der Waals surface area contributed by atoms with Crippen LogP contribution in [-0.4, -0.2) is 29.4 Å². The topological polar surface area (TPSA) is 70.1 Å². The van der Waals surface area contributed by atoms with Crippen LogP contribution in [0.25, 0.3) is 0 Å². The molecule has 1 aromatic rings. The zero-order valence-corrected chi connectivity index (χ0v) is 10.7. The summed E-state index contributed by atoms with van der Waals surface area (Å²) in [5, 5.41) is 4.27. The van der Waals surface area contributed by atoms with Gasteiger partial charge in [0.05, 0.1) is 13.5 Å². The summed E-state index contributed by atoms with van der Waals surface area (Å²) < 4.78 is 6.60. The smallest absolute Gasteiger partial charge is 0.306 e. The predicted molar refractivity (Wildman–Crippen MR) is 65.5 cm³/mol. The van der Waals surface area contributed by atoms with Crippen LogP contribution in [0.1, 0.15) is 31.9 Å². The van der Waals surface area contributed by atoms with E-state index in [1.807, 2.05) is 10.7 Å². The fourth-order valence-corrected chi connectivity index (χ4v) is 1.78. The Bertz CT molecular complexity index is 360. The molecule has 2 N–H and O–H groups in total. The lowest BCUT2D eigenvalue weighted by molar-refractivity contribution is -0.141. The van der Waals surface area contributed by atoms with Gasteiger partial charge in [-0.3, -0.25) is 9.48 Å². The van der Waals surface area contributed by atoms with Crippen molar-refractivity contribution in [2.75, 3.05) is 13.7 Å². The van der Waals surface area contributed by atoms with E-state index in [9.17, 15) is 4.79 Å². The minimum atomic E-state index is -0.238. The maximum atomic E-state index is 11.3. The SMILES string of the molecule is COC(=O)CC(CN)c1ccnn1CC(C)C. The number of methoxy groups -OCH3 is 1. The van der Waals surface area contributed by atoms with Crippen molar-refractivity contribution in [1.29, 1.82) is 0 Å². The first-order chi connectivity index (χ1) is 8.08. The Balaban J connectivity index is 2.80. The molecule has 5 heteroatoms. The highest BCUT2D eigenvalue weighted by atomic mass is 16.5. The first-order valence-electron chi connectivity index (χ1n) is 5.87. The van der Waals surface area contributed by atoms with Crippen molar-refractivity contribution >= 4 is 5.97 Å². The number of carbonyl (C=O) groups is 1. The molecular weight excluding hydrogens is 218 g/mol. The van der Waals surface area contributed by atoms with Crippen molar-refractivity contribution in [3.63, 3.8) is 0 Å². The lowest BCUT2D eigenvalue weighted by Crippen LogP contribution is -2.21. The summed E-state index contributed by atoms with van der Waals surface area (Å²) in [5.41, 5.74) is 6.72. The van der Waals surface area contributed by atoms with Crippen LogP contribution < -0.4 is 5.73 Å². The summed E-state index contributed by atoms with van der Waals surface area (Å²) >= 11 is 0. The highest BCUT2D eigenvalue weighted by molar-refractivity contribution is 5.70. The molecule has 0 saturated carbocycles. The van der Waals surface area contributed by atoms with E-state index in [0.29, 0.717) is 18.9 Å². The van der Waals surface area contributed by atoms with Gasteiger partial charge in [-0.2, -0.15) is 5.10 Å². The number of esters is 1. The van der Waals surface area contributed by atoms with Crippen LogP contribution in [0.4, 0.5) is 0 Å². The van der Waals surface area contributed by atoms with E-state index in [1.54, 1.807) is 6.20 Å². The molecule has 0 radical (unpaired) electrons. The second kappa shape index (κ2) is 6.39. The largest absolute Gasteiger partial charge is 0.469 e. The number of nitrogens with two attached hydrogens (primary N) is 1. The number of hydrogen-bond donors (Lipinski definition) is 1. The molecule has 0 saturated heterocycles. The van der Waals surface area contributed by atoms with E-state index in [0.717, 1.165) is 12.2 Å². The second-order valence-corrected chi connectivity index (χ2v) is 4.54. The molecule has 1 unspecified atom stereocenters. The minimum Gasteiger partial charge on any atom is -0.469 e. The molecule has 17 heavy (non-hydrogen) atoms. The fraction of sp³-hybridized carbons (Fsp3) is 0.667. The summed E-state index contributed by atoms with van der Waals surface area (Å²) in [7, 11) is 1.39. The molecule has 0 aromatic carbocycles. The molecule has 0 aliphatic carbocycles. The van der Waals surface area contributed by atoms with Gasteiger partial charge in [0, 0.05) is 30.9 Å². The van der Waals surface area contributed by atoms with Crippen molar-refractivity contribution in [3.8, 4) is 0 Å². The molecule has 0 aliphatic heterocycles. The predicted octanol–water partition coefficient (Wildman–Crippen LogP) is 1.14. The van der Waals surface area contributed by atoms with Crippen LogP contribution in [0, 0.1) is 5.92 Å². The van der Waals surface area contributed by atoms with Crippen molar-refractivity contribution in [2.24, 2.45) is 11.7 Å². The molecule has 0 fully saturated rings. The van der Waals surface area contributed by atoms with E-state index in [1.165, 1.54) is 7.11 Å². The van der Waals surface area contributed by atoms with Crippen molar-refractivity contribution in [2.45, 2.75) is 32.7 Å². The molecule has 96 valence electrons. The number of nitrogens with zero attached hydrogens (tertiary/aromatic N) is 2. The zero-order chi connectivity index (χ0) is 12.8. The second-order valence-electron chi connectivity index (χ2n) is 4.54. The summed E-state index contributed by atoms with van der Waals surface area (Å²) in [4.78, 5) is 11.3. The highest BCUT2D eigenvalue weighted by Crippen LogP contribution is 2.19. The summed E-state index contributed by atoms with van der Waals surface area (Å²) in [6, 6.07) is 1.92. The number of aromatic nitrogens is 2. The Hall–Kier alpha value is -1.36. The number of rotatable bonds is 6. The van der Waals surface area contributed by atoms with E-state index in [-0.39, 0.29) is 11.9 Å². The van der Waals surface area contributed by atoms with Gasteiger partial charge in [0.1, 0.15) is 0 Å². The molecule has 0 aliphatic rings. The highest BCUT2D eigenvalue weighted by Gasteiger charge is 2.19. The Morgan fingerprint density at radius 1 is 1.59 bits per heavy atom. The van der Waals surface area contributed by atoms with Gasteiger partial charge in [-0.25, -0.2) is 0 Å². The normalized spacial score (nSPS) is 12.8. The van der Waals surface area contributed by atoms with Gasteiger partial charge in [0.15, 0.2) is 0 Å². The standard InChI is InChI=1S/C12H21N3O2/c1-9(2)8-15-11(4-5-14-15)10(7-13)6-12(16)17-3/h4-5,9-10H,6-8,13H2,1-3H3. The third-order valence-corrected chi connectivity index (χ3v) is 2.63. The molecule has 1 heterocycles. The summed E-state index contributed by atoms with van der Waals surface area (Å²) in [6.07, 6.45) is 2.05. The van der Waals surface area contributed by atoms with Crippen molar-refractivity contribution in [1.82, 2.24) is 9.78 Å². The Labute approximate surface area is 102 Å². The van der Waals surface area contributed by atoms with Gasteiger partial charge in [-0.15, -0.1) is 0 Å². The number of carbonyl (C=O) groups excluding carboxylic acids is 1. The molecule has 0 amide bonds. The van der Waals surface area contributed by atoms with Crippen molar-refractivity contribution in [3.05, 3.63) is 18.0 Å². The summed E-state index contributed by atoms with van der Waals surface area (Å²) in [5.74, 6) is 0.242. The van der Waals surface area contributed by atoms with E-state index >= 15 is 0 Å². The van der Waals surface area contributed by atoms with E-state index in [4.69, 9.17) is 5.73 Å². The lowest BCUT2D eigenvalue weighted by Gasteiger charge is -2.16. The molecule has 0 bridgehead atoms. The third-order valence-electron chi connectivity index (χ3n) is 2.63. The zero-order valence-electron chi connectivity index (χ0n) is 10.7. The Morgan fingerprint density at radius 2 is 2.29 bits per heavy atom. The van der Waals surface area contributed by atoms with Crippen LogP contribution in [-0.2, 0) is 16.1 Å². The van der Waals surface area contributed by atoms with Crippen LogP contribution in [0.5, 0.6) is 0 Å². The Morgan fingerprint density at radius 3 is 2.82 bits per heavy atom. The van der Waals surface area contributed by atoms with Crippen molar-refractivity contribution < 1.29 is 9.53 Å². The number of hydrogen-bond acceptors (Lipinski definition) is 4. The van der Waals surface area contributed by atoms with E-state index in [2.05, 4.69) is 23.7 Å². The minimum absolute atomic E-state index is 0.0244. The first-order valence-corrected chi connectivity index (χ1v) is 5.87. The third kappa shape index (κ3) is 3.85. The van der Waals surface area contributed by atoms with Gasteiger partial charge in [0.25, 0.3) is 0 Å². The Kier molecular flexibility index (Phi) is 5.15. The average Bonchev–Trinajstić information content (AvgIpc) is 2.72. The van der Waals surface area contributed by atoms with Crippen LogP contribution in [0.15, 0.2) is 12.3 Å². The maximum absolute atomic E-state index is 11.3. The van der Waals surface area contributed by atoms with Crippen LogP contribution in [0.3, 0.4) is 0 Å². The fourth-order valence-electron chi connectivity index (χ4n) is 1.78. The quantitative estimate of drug-likeness (QED) is 0.756. The number of ether oxygens (including phenoxy) is 1. The molecule has 1 atom stereocenters. The van der Waals surface area contributed by atoms with Gasteiger partial charge in [-0.1, -0.05) is 13.8 Å². The van der Waals surface area contributed by atoms with Gasteiger partial charge in [0.2, 0.25) is 0 Å². The van der Waals surface area contributed by atoms with Gasteiger partial charge in [-0.05, 0) is 12.0 Å². The maximum Gasteiger partial charge on any atom is 0.306 e. The summed E-state index contributed by atoms with van der Waals surface area (Å²) in [6.45, 7) is 5.51. The van der Waals surface area contributed by atoms with Gasteiger partial charge >= 0.3 is 5.97 Å². The molecule has 1 aromatic heterocycles. The van der Waals surface area contributed by atoms with Gasteiger partial charge < -0.3 is 10.5 Å². The molecule has 5 nitrogen and oxygen atoms in total. The first kappa shape index (κ1) is 13.7. The average molecular weight is 239 g/mol. The van der Waals surface area contributed by atoms with Crippen LogP contribution >= 0.6 is 0 Å². The van der Waals surface area contributed by atoms with E-state index < -0.39 is 0 Å². The molecule has 0 spiro atoms.